The number of ketones is 1. The van der Waals surface area contributed by atoms with Gasteiger partial charge in [-0.15, -0.1) is 0 Å². The van der Waals surface area contributed by atoms with E-state index in [-0.39, 0.29) is 5.78 Å². The van der Waals surface area contributed by atoms with Crippen LogP contribution in [0.1, 0.15) is 36.0 Å². The van der Waals surface area contributed by atoms with Gasteiger partial charge in [0.25, 0.3) is 0 Å². The minimum atomic E-state index is 0.195. The summed E-state index contributed by atoms with van der Waals surface area (Å²) in [5.41, 5.74) is 0.718. The number of fused-ring (bicyclic) bond motifs is 1. The Balaban J connectivity index is 1.77. The molecule has 0 atom stereocenters. The van der Waals surface area contributed by atoms with Crippen molar-refractivity contribution in [3.63, 3.8) is 0 Å². The predicted molar refractivity (Wildman–Crippen MR) is 89.7 cm³/mol. The van der Waals surface area contributed by atoms with Crippen molar-refractivity contribution in [2.45, 2.75) is 25.7 Å². The Hall–Kier alpha value is -1.87. The quantitative estimate of drug-likeness (QED) is 0.853. The van der Waals surface area contributed by atoms with Crippen molar-refractivity contribution in [3.8, 4) is 5.75 Å². The van der Waals surface area contributed by atoms with Crippen molar-refractivity contribution in [2.75, 3.05) is 20.2 Å². The zero-order valence-electron chi connectivity index (χ0n) is 13.1. The van der Waals surface area contributed by atoms with Crippen LogP contribution in [0.5, 0.6) is 5.75 Å². The smallest absolute Gasteiger partial charge is 0.166 e. The van der Waals surface area contributed by atoms with Crippen LogP contribution in [0.25, 0.3) is 10.8 Å². The Morgan fingerprint density at radius 1 is 1.18 bits per heavy atom. The summed E-state index contributed by atoms with van der Waals surface area (Å²) in [6.07, 6.45) is 3.96. The molecule has 0 amide bonds. The molecule has 0 radical (unpaired) electrons. The maximum Gasteiger partial charge on any atom is 0.166 e. The van der Waals surface area contributed by atoms with Crippen LogP contribution in [0.15, 0.2) is 36.4 Å². The number of hydrogen-bond donors (Lipinski definition) is 1. The number of carbonyl (C=O) groups is 1. The van der Waals surface area contributed by atoms with Crippen molar-refractivity contribution in [2.24, 2.45) is 5.92 Å². The van der Waals surface area contributed by atoms with Gasteiger partial charge in [-0.1, -0.05) is 24.3 Å². The summed E-state index contributed by atoms with van der Waals surface area (Å²) in [5, 5.41) is 5.56. The Bertz CT molecular complexity index is 660. The second kappa shape index (κ2) is 6.93. The maximum absolute atomic E-state index is 12.6. The first-order chi connectivity index (χ1) is 10.8. The van der Waals surface area contributed by atoms with E-state index in [1.807, 2.05) is 36.4 Å². The Kier molecular flexibility index (Phi) is 4.74. The molecule has 1 aliphatic heterocycles. The molecule has 1 saturated heterocycles. The maximum atomic E-state index is 12.6. The van der Waals surface area contributed by atoms with Gasteiger partial charge in [-0.2, -0.15) is 0 Å². The van der Waals surface area contributed by atoms with Crippen molar-refractivity contribution < 1.29 is 9.53 Å². The van der Waals surface area contributed by atoms with Crippen molar-refractivity contribution >= 4 is 16.6 Å². The molecular weight excluding hydrogens is 274 g/mol. The Morgan fingerprint density at radius 2 is 1.86 bits per heavy atom. The van der Waals surface area contributed by atoms with E-state index in [4.69, 9.17) is 4.74 Å². The number of methoxy groups -OCH3 is 1. The summed E-state index contributed by atoms with van der Waals surface area (Å²) in [7, 11) is 1.63. The van der Waals surface area contributed by atoms with Gasteiger partial charge in [0.2, 0.25) is 0 Å². The third-order valence-corrected chi connectivity index (χ3v) is 4.61. The lowest BCUT2D eigenvalue weighted by atomic mass is 9.90. The third kappa shape index (κ3) is 3.30. The van der Waals surface area contributed by atoms with Gasteiger partial charge >= 0.3 is 0 Å². The highest BCUT2D eigenvalue weighted by Crippen LogP contribution is 2.28. The molecule has 0 aliphatic carbocycles. The molecule has 0 bridgehead atoms. The van der Waals surface area contributed by atoms with E-state index < -0.39 is 0 Å². The first-order valence-corrected chi connectivity index (χ1v) is 8.08. The highest BCUT2D eigenvalue weighted by molar-refractivity contribution is 6.02. The van der Waals surface area contributed by atoms with Crippen molar-refractivity contribution in [3.05, 3.63) is 42.0 Å². The van der Waals surface area contributed by atoms with E-state index in [2.05, 4.69) is 5.32 Å². The lowest BCUT2D eigenvalue weighted by Crippen LogP contribution is -2.28. The van der Waals surface area contributed by atoms with E-state index in [1.165, 1.54) is 12.8 Å². The molecule has 3 heteroatoms. The summed E-state index contributed by atoms with van der Waals surface area (Å²) in [5.74, 6) is 1.56. The number of rotatable bonds is 5. The van der Waals surface area contributed by atoms with Gasteiger partial charge < -0.3 is 10.1 Å². The van der Waals surface area contributed by atoms with E-state index in [0.717, 1.165) is 35.8 Å². The molecule has 2 aromatic carbocycles. The van der Waals surface area contributed by atoms with Gasteiger partial charge in [-0.25, -0.2) is 0 Å². The fraction of sp³-hybridized carbons (Fsp3) is 0.421. The van der Waals surface area contributed by atoms with E-state index in [0.29, 0.717) is 18.1 Å². The van der Waals surface area contributed by atoms with E-state index in [1.54, 1.807) is 7.11 Å². The number of Topliss-reactive ketones (excluding diaryl/α,β-unsaturated/α-hetero) is 1. The molecule has 0 saturated carbocycles. The van der Waals surface area contributed by atoms with Crippen molar-refractivity contribution in [1.29, 1.82) is 0 Å². The standard InChI is InChI=1S/C19H23NO2/c1-22-19-13-16-5-3-2-4-15(16)12-17(19)18(21)7-6-14-8-10-20-11-9-14/h2-5,12-14,20H,6-11H2,1H3. The molecule has 0 unspecified atom stereocenters. The monoisotopic (exact) mass is 297 g/mol. The molecule has 1 fully saturated rings. The summed E-state index contributed by atoms with van der Waals surface area (Å²) in [6.45, 7) is 2.16. The van der Waals surface area contributed by atoms with Crippen LogP contribution < -0.4 is 10.1 Å². The molecule has 3 nitrogen and oxygen atoms in total. The van der Waals surface area contributed by atoms with Crippen LogP contribution in [0.3, 0.4) is 0 Å². The zero-order valence-corrected chi connectivity index (χ0v) is 13.1. The first kappa shape index (κ1) is 15.0. The van der Waals surface area contributed by atoms with Gasteiger partial charge in [0.05, 0.1) is 12.7 Å². The predicted octanol–water partition coefficient (Wildman–Crippen LogP) is 3.81. The number of carbonyl (C=O) groups excluding carboxylic acids is 1. The van der Waals surface area contributed by atoms with Crippen LogP contribution in [0.2, 0.25) is 0 Å². The van der Waals surface area contributed by atoms with Crippen LogP contribution in [-0.2, 0) is 0 Å². The third-order valence-electron chi connectivity index (χ3n) is 4.61. The van der Waals surface area contributed by atoms with Gasteiger partial charge in [0.15, 0.2) is 5.78 Å². The lowest BCUT2D eigenvalue weighted by Gasteiger charge is -2.22. The number of hydrogen-bond acceptors (Lipinski definition) is 3. The van der Waals surface area contributed by atoms with Crippen LogP contribution >= 0.6 is 0 Å². The molecular formula is C19H23NO2. The zero-order chi connectivity index (χ0) is 15.4. The van der Waals surface area contributed by atoms with Crippen LogP contribution in [0, 0.1) is 5.92 Å². The van der Waals surface area contributed by atoms with Gasteiger partial charge in [0, 0.05) is 6.42 Å². The normalized spacial score (nSPS) is 15.9. The molecule has 2 aromatic rings. The number of benzene rings is 2. The number of nitrogens with one attached hydrogen (secondary N) is 1. The highest BCUT2D eigenvalue weighted by Gasteiger charge is 2.18. The molecule has 1 aliphatic rings. The fourth-order valence-corrected chi connectivity index (χ4v) is 3.25. The molecule has 0 spiro atoms. The average Bonchev–Trinajstić information content (AvgIpc) is 2.59. The number of ether oxygens (including phenoxy) is 1. The minimum absolute atomic E-state index is 0.195. The van der Waals surface area contributed by atoms with Gasteiger partial charge in [-0.3, -0.25) is 4.79 Å². The number of piperidine rings is 1. The highest BCUT2D eigenvalue weighted by atomic mass is 16.5. The largest absolute Gasteiger partial charge is 0.496 e. The molecule has 1 N–H and O–H groups in total. The summed E-state index contributed by atoms with van der Waals surface area (Å²) in [4.78, 5) is 12.6. The van der Waals surface area contributed by atoms with Crippen molar-refractivity contribution in [1.82, 2.24) is 5.32 Å². The summed E-state index contributed by atoms with van der Waals surface area (Å²) in [6, 6.07) is 12.0. The van der Waals surface area contributed by atoms with E-state index >= 15 is 0 Å². The SMILES string of the molecule is COc1cc2ccccc2cc1C(=O)CCC1CCNCC1. The minimum Gasteiger partial charge on any atom is -0.496 e. The molecule has 22 heavy (non-hydrogen) atoms. The topological polar surface area (TPSA) is 38.3 Å². The molecule has 1 heterocycles. The van der Waals surface area contributed by atoms with Crippen LogP contribution in [-0.4, -0.2) is 26.0 Å². The second-order valence-corrected chi connectivity index (χ2v) is 6.05. The summed E-state index contributed by atoms with van der Waals surface area (Å²) < 4.78 is 5.44. The van der Waals surface area contributed by atoms with Gasteiger partial charge in [-0.05, 0) is 61.2 Å². The van der Waals surface area contributed by atoms with Gasteiger partial charge in [0.1, 0.15) is 5.75 Å². The summed E-state index contributed by atoms with van der Waals surface area (Å²) >= 11 is 0. The molecule has 0 aromatic heterocycles. The fourth-order valence-electron chi connectivity index (χ4n) is 3.25. The van der Waals surface area contributed by atoms with E-state index in [9.17, 15) is 4.79 Å². The average molecular weight is 297 g/mol. The van der Waals surface area contributed by atoms with Crippen LogP contribution in [0.4, 0.5) is 0 Å². The lowest BCUT2D eigenvalue weighted by molar-refractivity contribution is 0.0968. The Labute approximate surface area is 131 Å². The first-order valence-electron chi connectivity index (χ1n) is 8.08. The second-order valence-electron chi connectivity index (χ2n) is 6.05. The molecule has 116 valence electrons. The molecule has 3 rings (SSSR count). The Morgan fingerprint density at radius 3 is 2.55 bits per heavy atom.